The summed E-state index contributed by atoms with van der Waals surface area (Å²) in [5, 5.41) is 3.36. The first-order chi connectivity index (χ1) is 6.84. The molecule has 2 heteroatoms. The molecule has 0 radical (unpaired) electrons. The molecule has 0 aromatic heterocycles. The highest BCUT2D eigenvalue weighted by atomic mass is 16.5. The molecule has 15 heavy (non-hydrogen) atoms. The van der Waals surface area contributed by atoms with Crippen LogP contribution in [0, 0.1) is 11.8 Å². The summed E-state index contributed by atoms with van der Waals surface area (Å²) >= 11 is 0. The third-order valence-electron chi connectivity index (χ3n) is 3.59. The van der Waals surface area contributed by atoms with Crippen LogP contribution in [0.25, 0.3) is 0 Å². The lowest BCUT2D eigenvalue weighted by atomic mass is 9.83. The third-order valence-corrected chi connectivity index (χ3v) is 3.59. The molecule has 1 N–H and O–H groups in total. The molecular formula is C13H29NO. The fourth-order valence-electron chi connectivity index (χ4n) is 1.99. The second-order valence-corrected chi connectivity index (χ2v) is 5.49. The zero-order valence-electron chi connectivity index (χ0n) is 11.6. The van der Waals surface area contributed by atoms with Crippen molar-refractivity contribution in [3.8, 4) is 0 Å². The van der Waals surface area contributed by atoms with Gasteiger partial charge in [0.15, 0.2) is 0 Å². The van der Waals surface area contributed by atoms with E-state index in [0.29, 0.717) is 6.04 Å². The van der Waals surface area contributed by atoms with Crippen LogP contribution < -0.4 is 5.32 Å². The van der Waals surface area contributed by atoms with E-state index in [1.54, 1.807) is 7.11 Å². The molecule has 0 aliphatic carbocycles. The van der Waals surface area contributed by atoms with Crippen molar-refractivity contribution in [2.45, 2.75) is 59.1 Å². The summed E-state index contributed by atoms with van der Waals surface area (Å²) in [6.45, 7) is 11.2. The van der Waals surface area contributed by atoms with Gasteiger partial charge in [0, 0.05) is 13.2 Å². The van der Waals surface area contributed by atoms with E-state index in [9.17, 15) is 0 Å². The maximum atomic E-state index is 5.46. The lowest BCUT2D eigenvalue weighted by molar-refractivity contribution is 0.00742. The zero-order chi connectivity index (χ0) is 12.1. The van der Waals surface area contributed by atoms with Crippen LogP contribution >= 0.6 is 0 Å². The van der Waals surface area contributed by atoms with Gasteiger partial charge in [-0.15, -0.1) is 0 Å². The largest absolute Gasteiger partial charge is 0.379 e. The van der Waals surface area contributed by atoms with Gasteiger partial charge in [-0.3, -0.25) is 0 Å². The highest BCUT2D eigenvalue weighted by Crippen LogP contribution is 2.26. The van der Waals surface area contributed by atoms with E-state index in [0.717, 1.165) is 18.3 Å². The maximum Gasteiger partial charge on any atom is 0.0622 e. The summed E-state index contributed by atoms with van der Waals surface area (Å²) in [5.41, 5.74) is 0.0145. The Bertz CT molecular complexity index is 166. The van der Waals surface area contributed by atoms with Crippen LogP contribution in [-0.4, -0.2) is 25.8 Å². The summed E-state index contributed by atoms with van der Waals surface area (Å²) in [5.74, 6) is 1.45. The van der Waals surface area contributed by atoms with Gasteiger partial charge in [0.2, 0.25) is 0 Å². The minimum atomic E-state index is 0.0145. The van der Waals surface area contributed by atoms with Gasteiger partial charge in [-0.25, -0.2) is 0 Å². The number of hydrogen-bond acceptors (Lipinski definition) is 2. The van der Waals surface area contributed by atoms with Crippen LogP contribution in [-0.2, 0) is 4.74 Å². The SMILES string of the molecule is CNC(C)C(CCC(C)(C)OC)C(C)C. The van der Waals surface area contributed by atoms with Gasteiger partial charge in [-0.1, -0.05) is 13.8 Å². The number of methoxy groups -OCH3 is 1. The Balaban J connectivity index is 4.19. The van der Waals surface area contributed by atoms with Gasteiger partial charge in [-0.05, 0) is 52.5 Å². The second kappa shape index (κ2) is 6.49. The number of nitrogens with one attached hydrogen (secondary N) is 1. The van der Waals surface area contributed by atoms with Gasteiger partial charge < -0.3 is 10.1 Å². The van der Waals surface area contributed by atoms with E-state index in [2.05, 4.69) is 39.9 Å². The van der Waals surface area contributed by atoms with E-state index in [4.69, 9.17) is 4.74 Å². The summed E-state index contributed by atoms with van der Waals surface area (Å²) in [4.78, 5) is 0. The summed E-state index contributed by atoms with van der Waals surface area (Å²) in [6.07, 6.45) is 2.35. The molecule has 0 aromatic carbocycles. The Kier molecular flexibility index (Phi) is 6.46. The number of ether oxygens (including phenoxy) is 1. The highest BCUT2D eigenvalue weighted by molar-refractivity contribution is 4.78. The van der Waals surface area contributed by atoms with Crippen molar-refractivity contribution >= 4 is 0 Å². The van der Waals surface area contributed by atoms with Gasteiger partial charge in [-0.2, -0.15) is 0 Å². The molecule has 0 aromatic rings. The van der Waals surface area contributed by atoms with Crippen molar-refractivity contribution in [2.24, 2.45) is 11.8 Å². The van der Waals surface area contributed by atoms with Crippen molar-refractivity contribution in [1.29, 1.82) is 0 Å². The standard InChI is InChI=1S/C13H29NO/c1-10(2)12(11(3)14-6)8-9-13(4,5)15-7/h10-12,14H,8-9H2,1-7H3. The summed E-state index contributed by atoms with van der Waals surface area (Å²) in [7, 11) is 3.84. The van der Waals surface area contributed by atoms with E-state index in [1.807, 2.05) is 7.05 Å². The molecule has 2 nitrogen and oxygen atoms in total. The fourth-order valence-corrected chi connectivity index (χ4v) is 1.99. The van der Waals surface area contributed by atoms with Gasteiger partial charge in [0.1, 0.15) is 0 Å². The van der Waals surface area contributed by atoms with Gasteiger partial charge in [0.25, 0.3) is 0 Å². The molecule has 0 saturated heterocycles. The molecule has 92 valence electrons. The van der Waals surface area contributed by atoms with Crippen LogP contribution in [0.15, 0.2) is 0 Å². The Morgan fingerprint density at radius 3 is 2.07 bits per heavy atom. The van der Waals surface area contributed by atoms with Crippen molar-refractivity contribution < 1.29 is 4.74 Å². The van der Waals surface area contributed by atoms with Crippen LogP contribution in [0.2, 0.25) is 0 Å². The monoisotopic (exact) mass is 215 g/mol. The normalized spacial score (nSPS) is 16.8. The Labute approximate surface area is 95.8 Å². The first kappa shape index (κ1) is 14.9. The molecule has 2 unspecified atom stereocenters. The molecule has 0 aliphatic heterocycles. The molecule has 0 spiro atoms. The van der Waals surface area contributed by atoms with Crippen LogP contribution in [0.5, 0.6) is 0 Å². The molecule has 0 amide bonds. The average molecular weight is 215 g/mol. The minimum absolute atomic E-state index is 0.0145. The predicted octanol–water partition coefficient (Wildman–Crippen LogP) is 3.07. The van der Waals surface area contributed by atoms with Crippen molar-refractivity contribution in [3.63, 3.8) is 0 Å². The zero-order valence-corrected chi connectivity index (χ0v) is 11.6. The predicted molar refractivity (Wildman–Crippen MR) is 67.2 cm³/mol. The molecule has 0 heterocycles. The summed E-state index contributed by atoms with van der Waals surface area (Å²) in [6, 6.07) is 0.581. The smallest absolute Gasteiger partial charge is 0.0622 e. The minimum Gasteiger partial charge on any atom is -0.379 e. The van der Waals surface area contributed by atoms with Crippen molar-refractivity contribution in [2.75, 3.05) is 14.2 Å². The maximum absolute atomic E-state index is 5.46. The molecule has 0 saturated carbocycles. The number of rotatable bonds is 7. The second-order valence-electron chi connectivity index (χ2n) is 5.49. The Morgan fingerprint density at radius 1 is 1.20 bits per heavy atom. The van der Waals surface area contributed by atoms with E-state index in [1.165, 1.54) is 6.42 Å². The fraction of sp³-hybridized carbons (Fsp3) is 1.00. The molecule has 0 rings (SSSR count). The highest BCUT2D eigenvalue weighted by Gasteiger charge is 2.24. The third kappa shape index (κ3) is 5.53. The van der Waals surface area contributed by atoms with Crippen LogP contribution in [0.3, 0.4) is 0 Å². The lowest BCUT2D eigenvalue weighted by Crippen LogP contribution is -2.35. The lowest BCUT2D eigenvalue weighted by Gasteiger charge is -2.31. The van der Waals surface area contributed by atoms with Gasteiger partial charge in [0.05, 0.1) is 5.60 Å². The van der Waals surface area contributed by atoms with Crippen molar-refractivity contribution in [1.82, 2.24) is 5.32 Å². The van der Waals surface area contributed by atoms with Crippen molar-refractivity contribution in [3.05, 3.63) is 0 Å². The quantitative estimate of drug-likeness (QED) is 0.704. The molecular weight excluding hydrogens is 186 g/mol. The van der Waals surface area contributed by atoms with Gasteiger partial charge >= 0.3 is 0 Å². The number of hydrogen-bond donors (Lipinski definition) is 1. The Morgan fingerprint density at radius 2 is 1.73 bits per heavy atom. The first-order valence-corrected chi connectivity index (χ1v) is 6.06. The molecule has 0 bridgehead atoms. The van der Waals surface area contributed by atoms with E-state index in [-0.39, 0.29) is 5.60 Å². The van der Waals surface area contributed by atoms with E-state index >= 15 is 0 Å². The Hall–Kier alpha value is -0.0800. The van der Waals surface area contributed by atoms with Crippen LogP contribution in [0.4, 0.5) is 0 Å². The molecule has 2 atom stereocenters. The average Bonchev–Trinajstić information content (AvgIpc) is 2.17. The molecule has 0 fully saturated rings. The molecule has 0 aliphatic rings. The summed E-state index contributed by atoms with van der Waals surface area (Å²) < 4.78 is 5.46. The first-order valence-electron chi connectivity index (χ1n) is 6.06. The van der Waals surface area contributed by atoms with Crippen LogP contribution in [0.1, 0.15) is 47.5 Å². The topological polar surface area (TPSA) is 21.3 Å². The van der Waals surface area contributed by atoms with E-state index < -0.39 is 0 Å².